The van der Waals surface area contributed by atoms with Gasteiger partial charge in [0.2, 0.25) is 5.91 Å². The first-order valence-electron chi connectivity index (χ1n) is 7.25. The Balaban J connectivity index is 2.30. The monoisotopic (exact) mass is 291 g/mol. The fourth-order valence-electron chi connectivity index (χ4n) is 2.76. The number of carbonyl (C=O) groups is 2. The quantitative estimate of drug-likeness (QED) is 0.905. The number of benzene rings is 1. The molecule has 2 unspecified atom stereocenters. The highest BCUT2D eigenvalue weighted by Gasteiger charge is 2.38. The van der Waals surface area contributed by atoms with Crippen LogP contribution in [-0.4, -0.2) is 35.5 Å². The largest absolute Gasteiger partial charge is 0.494 e. The second kappa shape index (κ2) is 6.61. The molecule has 0 aliphatic carbocycles. The molecule has 1 N–H and O–H groups in total. The first-order chi connectivity index (χ1) is 10.0. The minimum atomic E-state index is -0.862. The van der Waals surface area contributed by atoms with Crippen LogP contribution in [-0.2, 0) is 9.59 Å². The number of likely N-dealkylation sites (tertiary alicyclic amines) is 1. The van der Waals surface area contributed by atoms with Gasteiger partial charge in [-0.25, -0.2) is 0 Å². The molecule has 0 spiro atoms. The molecule has 2 atom stereocenters. The summed E-state index contributed by atoms with van der Waals surface area (Å²) in [4.78, 5) is 24.9. The van der Waals surface area contributed by atoms with Gasteiger partial charge in [-0.3, -0.25) is 9.59 Å². The molecule has 5 nitrogen and oxygen atoms in total. The third kappa shape index (κ3) is 3.35. The van der Waals surface area contributed by atoms with Crippen LogP contribution >= 0.6 is 0 Å². The van der Waals surface area contributed by atoms with Gasteiger partial charge < -0.3 is 14.7 Å². The lowest BCUT2D eigenvalue weighted by Crippen LogP contribution is -2.42. The van der Waals surface area contributed by atoms with E-state index in [9.17, 15) is 14.7 Å². The summed E-state index contributed by atoms with van der Waals surface area (Å²) in [6.45, 7) is 2.64. The second-order valence-corrected chi connectivity index (χ2v) is 5.35. The maximum absolute atomic E-state index is 11.9. The van der Waals surface area contributed by atoms with E-state index in [1.807, 2.05) is 31.2 Å². The summed E-state index contributed by atoms with van der Waals surface area (Å²) in [6.07, 6.45) is 1.57. The van der Waals surface area contributed by atoms with Crippen LogP contribution in [0.4, 0.5) is 0 Å². The number of amides is 1. The van der Waals surface area contributed by atoms with Crippen LogP contribution in [0.2, 0.25) is 0 Å². The number of carboxylic acids is 1. The average molecular weight is 291 g/mol. The fraction of sp³-hybridized carbons (Fsp3) is 0.500. The molecule has 0 aromatic heterocycles. The predicted octanol–water partition coefficient (Wildman–Crippen LogP) is 2.47. The van der Waals surface area contributed by atoms with Crippen LogP contribution in [0.1, 0.15) is 37.8 Å². The molecule has 1 aromatic carbocycles. The minimum absolute atomic E-state index is 0.0163. The zero-order valence-electron chi connectivity index (χ0n) is 12.4. The molecular formula is C16H21NO4. The van der Waals surface area contributed by atoms with Crippen molar-refractivity contribution in [2.75, 3.05) is 13.7 Å². The molecule has 1 amide bonds. The number of nitrogens with zero attached hydrogens (tertiary/aromatic N) is 1. The van der Waals surface area contributed by atoms with E-state index >= 15 is 0 Å². The van der Waals surface area contributed by atoms with Crippen molar-refractivity contribution < 1.29 is 19.4 Å². The van der Waals surface area contributed by atoms with Gasteiger partial charge in [-0.2, -0.15) is 0 Å². The van der Waals surface area contributed by atoms with Crippen LogP contribution in [0, 0.1) is 5.92 Å². The molecule has 1 aliphatic rings. The number of hydrogen-bond acceptors (Lipinski definition) is 3. The van der Waals surface area contributed by atoms with Gasteiger partial charge in [0.15, 0.2) is 0 Å². The highest BCUT2D eigenvalue weighted by atomic mass is 16.5. The Morgan fingerprint density at radius 1 is 1.48 bits per heavy atom. The van der Waals surface area contributed by atoms with E-state index in [2.05, 4.69) is 0 Å². The third-order valence-electron chi connectivity index (χ3n) is 3.85. The van der Waals surface area contributed by atoms with Gasteiger partial charge >= 0.3 is 5.97 Å². The molecule has 114 valence electrons. The first-order valence-corrected chi connectivity index (χ1v) is 7.25. The van der Waals surface area contributed by atoms with Gasteiger partial charge in [-0.1, -0.05) is 19.1 Å². The first kappa shape index (κ1) is 15.4. The van der Waals surface area contributed by atoms with Crippen LogP contribution in [0.5, 0.6) is 5.75 Å². The summed E-state index contributed by atoms with van der Waals surface area (Å²) in [5.41, 5.74) is 0.812. The molecule has 1 saturated heterocycles. The minimum Gasteiger partial charge on any atom is -0.494 e. The van der Waals surface area contributed by atoms with E-state index < -0.39 is 17.9 Å². The van der Waals surface area contributed by atoms with Crippen molar-refractivity contribution >= 4 is 11.9 Å². The molecule has 21 heavy (non-hydrogen) atoms. The summed E-state index contributed by atoms with van der Waals surface area (Å²) in [6, 6.07) is 6.94. The molecule has 0 saturated carbocycles. The number of carboxylic acid groups (broad SMARTS) is 1. The number of carbonyl (C=O) groups excluding carboxylic acids is 1. The third-order valence-corrected chi connectivity index (χ3v) is 3.85. The molecular weight excluding hydrogens is 270 g/mol. The lowest BCUT2D eigenvalue weighted by atomic mass is 9.84. The van der Waals surface area contributed by atoms with Gasteiger partial charge in [0, 0.05) is 13.5 Å². The Morgan fingerprint density at radius 3 is 2.90 bits per heavy atom. The Hall–Kier alpha value is -2.04. The van der Waals surface area contributed by atoms with Crippen LogP contribution in [0.15, 0.2) is 24.3 Å². The van der Waals surface area contributed by atoms with Crippen molar-refractivity contribution in [3.05, 3.63) is 29.8 Å². The molecule has 2 rings (SSSR count). The Morgan fingerprint density at radius 2 is 2.24 bits per heavy atom. The van der Waals surface area contributed by atoms with E-state index in [1.54, 1.807) is 11.9 Å². The SMILES string of the molecule is CCCOc1cccc(C2C(C(=O)O)CCC(=O)N2C)c1. The summed E-state index contributed by atoms with van der Waals surface area (Å²) in [5, 5.41) is 9.42. The van der Waals surface area contributed by atoms with Gasteiger partial charge in [0.25, 0.3) is 0 Å². The van der Waals surface area contributed by atoms with Crippen LogP contribution < -0.4 is 4.74 Å². The van der Waals surface area contributed by atoms with Crippen molar-refractivity contribution in [1.29, 1.82) is 0 Å². The van der Waals surface area contributed by atoms with Crippen molar-refractivity contribution in [2.45, 2.75) is 32.2 Å². The fourth-order valence-corrected chi connectivity index (χ4v) is 2.76. The Kier molecular flexibility index (Phi) is 4.83. The van der Waals surface area contributed by atoms with Crippen molar-refractivity contribution in [2.24, 2.45) is 5.92 Å². The Labute approximate surface area is 124 Å². The maximum Gasteiger partial charge on any atom is 0.308 e. The molecule has 5 heteroatoms. The van der Waals surface area contributed by atoms with Crippen molar-refractivity contribution in [3.8, 4) is 5.75 Å². The standard InChI is InChI=1S/C16H21NO4/c1-3-9-21-12-6-4-5-11(10-12)15-13(16(19)20)7-8-14(18)17(15)2/h4-6,10,13,15H,3,7-9H2,1-2H3,(H,19,20). The summed E-state index contributed by atoms with van der Waals surface area (Å²) < 4.78 is 5.59. The highest BCUT2D eigenvalue weighted by molar-refractivity contribution is 5.81. The zero-order valence-corrected chi connectivity index (χ0v) is 12.4. The number of rotatable bonds is 5. The van der Waals surface area contributed by atoms with E-state index in [1.165, 1.54) is 0 Å². The van der Waals surface area contributed by atoms with E-state index in [4.69, 9.17) is 4.74 Å². The zero-order chi connectivity index (χ0) is 15.4. The normalized spacial score (nSPS) is 22.2. The average Bonchev–Trinajstić information content (AvgIpc) is 2.47. The number of piperidine rings is 1. The second-order valence-electron chi connectivity index (χ2n) is 5.35. The lowest BCUT2D eigenvalue weighted by molar-refractivity contribution is -0.150. The topological polar surface area (TPSA) is 66.8 Å². The van der Waals surface area contributed by atoms with E-state index in [-0.39, 0.29) is 12.3 Å². The molecule has 0 bridgehead atoms. The molecule has 1 aliphatic heterocycles. The summed E-state index contributed by atoms with van der Waals surface area (Å²) >= 11 is 0. The smallest absolute Gasteiger partial charge is 0.308 e. The summed E-state index contributed by atoms with van der Waals surface area (Å²) in [5.74, 6) is -0.740. The number of ether oxygens (including phenoxy) is 1. The highest BCUT2D eigenvalue weighted by Crippen LogP contribution is 2.36. The Bertz CT molecular complexity index is 529. The van der Waals surface area contributed by atoms with Crippen molar-refractivity contribution in [3.63, 3.8) is 0 Å². The van der Waals surface area contributed by atoms with Crippen LogP contribution in [0.3, 0.4) is 0 Å². The summed E-state index contributed by atoms with van der Waals surface area (Å²) in [7, 11) is 1.67. The van der Waals surface area contributed by atoms with Crippen LogP contribution in [0.25, 0.3) is 0 Å². The number of hydrogen-bond donors (Lipinski definition) is 1. The van der Waals surface area contributed by atoms with Gasteiger partial charge in [0.1, 0.15) is 5.75 Å². The molecule has 1 heterocycles. The molecule has 1 aromatic rings. The maximum atomic E-state index is 11.9. The van der Waals surface area contributed by atoms with Gasteiger partial charge in [-0.15, -0.1) is 0 Å². The van der Waals surface area contributed by atoms with Crippen molar-refractivity contribution in [1.82, 2.24) is 4.90 Å². The van der Waals surface area contributed by atoms with Gasteiger partial charge in [-0.05, 0) is 30.5 Å². The number of aliphatic carboxylic acids is 1. The lowest BCUT2D eigenvalue weighted by Gasteiger charge is -2.37. The van der Waals surface area contributed by atoms with E-state index in [0.717, 1.165) is 12.0 Å². The van der Waals surface area contributed by atoms with E-state index in [0.29, 0.717) is 18.8 Å². The molecule has 0 radical (unpaired) electrons. The van der Waals surface area contributed by atoms with Gasteiger partial charge in [0.05, 0.1) is 18.6 Å². The molecule has 1 fully saturated rings. The predicted molar refractivity (Wildman–Crippen MR) is 78.1 cm³/mol.